The van der Waals surface area contributed by atoms with Crippen LogP contribution in [-0.2, 0) is 4.74 Å². The molecule has 4 nitrogen and oxygen atoms in total. The lowest BCUT2D eigenvalue weighted by Gasteiger charge is -2.24. The van der Waals surface area contributed by atoms with Crippen LogP contribution in [0.1, 0.15) is 19.4 Å². The zero-order valence-electron chi connectivity index (χ0n) is 11.9. The van der Waals surface area contributed by atoms with E-state index in [0.29, 0.717) is 0 Å². The summed E-state index contributed by atoms with van der Waals surface area (Å²) in [6.07, 6.45) is 1.45. The van der Waals surface area contributed by atoms with Gasteiger partial charge in [-0.2, -0.15) is 0 Å². The van der Waals surface area contributed by atoms with Crippen molar-refractivity contribution in [2.75, 3.05) is 32.2 Å². The van der Waals surface area contributed by atoms with Crippen molar-refractivity contribution in [3.8, 4) is 5.75 Å². The number of rotatable bonds is 6. The van der Waals surface area contributed by atoms with Gasteiger partial charge in [0.05, 0.1) is 25.6 Å². The normalized spacial score (nSPS) is 10.7. The minimum Gasteiger partial charge on any atom is -0.495 e. The summed E-state index contributed by atoms with van der Waals surface area (Å²) < 4.78 is 10.3. The van der Waals surface area contributed by atoms with E-state index in [-0.39, 0.29) is 0 Å². The predicted octanol–water partition coefficient (Wildman–Crippen LogP) is 3.16. The second-order valence-electron chi connectivity index (χ2n) is 3.95. The molecule has 0 aliphatic heterocycles. The van der Waals surface area contributed by atoms with Crippen molar-refractivity contribution >= 4 is 17.8 Å². The Kier molecular flexibility index (Phi) is 5.49. The minimum atomic E-state index is 0.882. The molecular formula is C14H22N2O2. The zero-order chi connectivity index (χ0) is 13.5. The molecule has 0 radical (unpaired) electrons. The highest BCUT2D eigenvalue weighted by Gasteiger charge is 2.12. The van der Waals surface area contributed by atoms with Gasteiger partial charge in [0.1, 0.15) is 5.75 Å². The number of hydrogen-bond acceptors (Lipinski definition) is 4. The molecule has 0 bridgehead atoms. The second kappa shape index (κ2) is 6.89. The van der Waals surface area contributed by atoms with E-state index in [9.17, 15) is 0 Å². The fourth-order valence-electron chi connectivity index (χ4n) is 1.88. The molecule has 0 unspecified atom stereocenters. The lowest BCUT2D eigenvalue weighted by molar-refractivity contribution is 0.414. The van der Waals surface area contributed by atoms with Gasteiger partial charge in [0, 0.05) is 13.1 Å². The number of aryl methyl sites for hydroxylation is 1. The number of aliphatic imine (C=N–C) groups is 1. The van der Waals surface area contributed by atoms with Gasteiger partial charge in [0.15, 0.2) is 6.40 Å². The summed E-state index contributed by atoms with van der Waals surface area (Å²) in [4.78, 5) is 6.52. The number of ether oxygens (including phenoxy) is 2. The fraction of sp³-hybridized carbons (Fsp3) is 0.500. The molecule has 1 aromatic rings. The summed E-state index contributed by atoms with van der Waals surface area (Å²) in [7, 11) is 3.29. The minimum absolute atomic E-state index is 0.882. The van der Waals surface area contributed by atoms with Crippen molar-refractivity contribution in [2.24, 2.45) is 4.99 Å². The lowest BCUT2D eigenvalue weighted by Crippen LogP contribution is -2.22. The third-order valence-electron chi connectivity index (χ3n) is 2.90. The molecule has 0 heterocycles. The van der Waals surface area contributed by atoms with Crippen molar-refractivity contribution < 1.29 is 9.47 Å². The molecule has 0 saturated heterocycles. The Bertz CT molecular complexity index is 413. The Morgan fingerprint density at radius 2 is 1.89 bits per heavy atom. The Morgan fingerprint density at radius 3 is 2.39 bits per heavy atom. The monoisotopic (exact) mass is 250 g/mol. The molecule has 0 aliphatic rings. The Balaban J connectivity index is 3.25. The van der Waals surface area contributed by atoms with Crippen LogP contribution in [0.25, 0.3) is 0 Å². The Morgan fingerprint density at radius 1 is 1.22 bits per heavy atom. The summed E-state index contributed by atoms with van der Waals surface area (Å²) in [6.45, 7) is 8.13. The molecule has 0 aromatic heterocycles. The molecule has 1 rings (SSSR count). The molecule has 0 amide bonds. The molecular weight excluding hydrogens is 228 g/mol. The van der Waals surface area contributed by atoms with Crippen LogP contribution in [0.15, 0.2) is 17.1 Å². The number of nitrogens with zero attached hydrogens (tertiary/aromatic N) is 2. The van der Waals surface area contributed by atoms with E-state index in [2.05, 4.69) is 23.7 Å². The third kappa shape index (κ3) is 3.15. The Labute approximate surface area is 109 Å². The van der Waals surface area contributed by atoms with Crippen molar-refractivity contribution in [3.05, 3.63) is 17.7 Å². The standard InChI is InChI=1S/C14H22N2O2/c1-6-16(7-2)13-9-12(15-10-17-4)11(3)8-14(13)18-5/h8-10H,6-7H2,1-5H3. The van der Waals surface area contributed by atoms with Crippen molar-refractivity contribution in [3.63, 3.8) is 0 Å². The molecule has 0 saturated carbocycles. The van der Waals surface area contributed by atoms with Gasteiger partial charge in [-0.05, 0) is 38.5 Å². The van der Waals surface area contributed by atoms with E-state index in [4.69, 9.17) is 9.47 Å². The summed E-state index contributed by atoms with van der Waals surface area (Å²) in [5.74, 6) is 0.882. The van der Waals surface area contributed by atoms with Gasteiger partial charge in [-0.25, -0.2) is 4.99 Å². The van der Waals surface area contributed by atoms with Gasteiger partial charge in [-0.1, -0.05) is 0 Å². The molecule has 1 aromatic carbocycles. The molecule has 0 fully saturated rings. The number of anilines is 1. The lowest BCUT2D eigenvalue weighted by atomic mass is 10.1. The van der Waals surface area contributed by atoms with Gasteiger partial charge in [0.2, 0.25) is 0 Å². The van der Waals surface area contributed by atoms with Crippen LogP contribution in [0, 0.1) is 6.92 Å². The van der Waals surface area contributed by atoms with E-state index in [1.807, 2.05) is 19.1 Å². The average molecular weight is 250 g/mol. The van der Waals surface area contributed by atoms with Crippen LogP contribution in [0.4, 0.5) is 11.4 Å². The highest BCUT2D eigenvalue weighted by atomic mass is 16.5. The number of hydrogen-bond donors (Lipinski definition) is 0. The van der Waals surface area contributed by atoms with Gasteiger partial charge < -0.3 is 14.4 Å². The van der Waals surface area contributed by atoms with Crippen LogP contribution >= 0.6 is 0 Å². The Hall–Kier alpha value is -1.71. The van der Waals surface area contributed by atoms with Gasteiger partial charge >= 0.3 is 0 Å². The molecule has 0 N–H and O–H groups in total. The highest BCUT2D eigenvalue weighted by molar-refractivity contribution is 5.70. The summed E-state index contributed by atoms with van der Waals surface area (Å²) in [6, 6.07) is 4.05. The SMILES string of the molecule is CCN(CC)c1cc(N=COC)c(C)cc1OC. The molecule has 18 heavy (non-hydrogen) atoms. The molecule has 100 valence electrons. The third-order valence-corrected chi connectivity index (χ3v) is 2.90. The summed E-state index contributed by atoms with van der Waals surface area (Å²) in [5.41, 5.74) is 3.03. The maximum atomic E-state index is 5.45. The van der Waals surface area contributed by atoms with Crippen LogP contribution in [-0.4, -0.2) is 33.7 Å². The van der Waals surface area contributed by atoms with E-state index in [1.165, 1.54) is 6.40 Å². The zero-order valence-corrected chi connectivity index (χ0v) is 11.9. The molecule has 0 spiro atoms. The van der Waals surface area contributed by atoms with Crippen LogP contribution in [0.2, 0.25) is 0 Å². The maximum absolute atomic E-state index is 5.45. The smallest absolute Gasteiger partial charge is 0.174 e. The highest BCUT2D eigenvalue weighted by Crippen LogP contribution is 2.35. The first-order chi connectivity index (χ1) is 8.67. The first-order valence-electron chi connectivity index (χ1n) is 6.16. The fourth-order valence-corrected chi connectivity index (χ4v) is 1.88. The first-order valence-corrected chi connectivity index (χ1v) is 6.16. The maximum Gasteiger partial charge on any atom is 0.174 e. The van der Waals surface area contributed by atoms with Crippen LogP contribution < -0.4 is 9.64 Å². The predicted molar refractivity (Wildman–Crippen MR) is 76.5 cm³/mol. The van der Waals surface area contributed by atoms with Crippen molar-refractivity contribution in [1.82, 2.24) is 0 Å². The van der Waals surface area contributed by atoms with E-state index < -0.39 is 0 Å². The molecule has 4 heteroatoms. The van der Waals surface area contributed by atoms with E-state index in [0.717, 1.165) is 35.8 Å². The molecule has 0 atom stereocenters. The number of methoxy groups -OCH3 is 2. The second-order valence-corrected chi connectivity index (χ2v) is 3.95. The number of benzene rings is 1. The van der Waals surface area contributed by atoms with Crippen LogP contribution in [0.3, 0.4) is 0 Å². The van der Waals surface area contributed by atoms with Gasteiger partial charge in [-0.3, -0.25) is 0 Å². The topological polar surface area (TPSA) is 34.1 Å². The molecule has 0 aliphatic carbocycles. The quantitative estimate of drug-likeness (QED) is 0.574. The van der Waals surface area contributed by atoms with E-state index in [1.54, 1.807) is 14.2 Å². The summed E-state index contributed by atoms with van der Waals surface area (Å²) >= 11 is 0. The van der Waals surface area contributed by atoms with Crippen molar-refractivity contribution in [2.45, 2.75) is 20.8 Å². The van der Waals surface area contributed by atoms with Crippen molar-refractivity contribution in [1.29, 1.82) is 0 Å². The van der Waals surface area contributed by atoms with Gasteiger partial charge in [-0.15, -0.1) is 0 Å². The summed E-state index contributed by atoms with van der Waals surface area (Å²) in [5, 5.41) is 0. The van der Waals surface area contributed by atoms with Gasteiger partial charge in [0.25, 0.3) is 0 Å². The average Bonchev–Trinajstić information content (AvgIpc) is 2.39. The largest absolute Gasteiger partial charge is 0.495 e. The first kappa shape index (κ1) is 14.4. The van der Waals surface area contributed by atoms with Crippen LogP contribution in [0.5, 0.6) is 5.75 Å². The van der Waals surface area contributed by atoms with E-state index >= 15 is 0 Å².